The second kappa shape index (κ2) is 9.82. The average molecular weight is 510 g/mol. The number of amides is 1. The van der Waals surface area contributed by atoms with Gasteiger partial charge in [0.15, 0.2) is 6.61 Å². The lowest BCUT2D eigenvalue weighted by molar-refractivity contribution is -0.143. The fourth-order valence-electron chi connectivity index (χ4n) is 3.34. The first-order chi connectivity index (χ1) is 15.8. The Balaban J connectivity index is 1.65. The summed E-state index contributed by atoms with van der Waals surface area (Å²) in [5.74, 6) is -0.912. The number of alkyl halides is 6. The van der Waals surface area contributed by atoms with Crippen molar-refractivity contribution in [3.8, 4) is 5.75 Å². The standard InChI is InChI=1S/C21H20F6N2O4S/c22-20(23,24)14-10-15(21(25,26)27)12-16(11-14)28-19(30)13-33-17-4-6-18(7-5-17)34(31,32)29-8-2-1-3-9-29/h4-7,10-12H,1-3,8-9,13H2,(H,28,30). The quantitative estimate of drug-likeness (QED) is 0.560. The molecule has 1 aliphatic heterocycles. The molecule has 0 aliphatic carbocycles. The van der Waals surface area contributed by atoms with Gasteiger partial charge >= 0.3 is 12.4 Å². The fourth-order valence-corrected chi connectivity index (χ4v) is 4.85. The number of hydrogen-bond donors (Lipinski definition) is 1. The van der Waals surface area contributed by atoms with Crippen LogP contribution in [0.3, 0.4) is 0 Å². The summed E-state index contributed by atoms with van der Waals surface area (Å²) in [6.07, 6.45) is -7.60. The first-order valence-electron chi connectivity index (χ1n) is 10.1. The number of anilines is 1. The smallest absolute Gasteiger partial charge is 0.416 e. The van der Waals surface area contributed by atoms with Crippen LogP contribution in [0.25, 0.3) is 0 Å². The van der Waals surface area contributed by atoms with Crippen molar-refractivity contribution in [1.29, 1.82) is 0 Å². The number of rotatable bonds is 6. The fraction of sp³-hybridized carbons (Fsp3) is 0.381. The van der Waals surface area contributed by atoms with Crippen molar-refractivity contribution in [1.82, 2.24) is 4.31 Å². The van der Waals surface area contributed by atoms with Crippen LogP contribution in [-0.2, 0) is 27.2 Å². The number of nitrogens with zero attached hydrogens (tertiary/aromatic N) is 1. The number of nitrogens with one attached hydrogen (secondary N) is 1. The molecule has 2 aromatic rings. The molecule has 1 heterocycles. The average Bonchev–Trinajstić information content (AvgIpc) is 2.77. The van der Waals surface area contributed by atoms with E-state index >= 15 is 0 Å². The largest absolute Gasteiger partial charge is 0.484 e. The second-order valence-corrected chi connectivity index (χ2v) is 9.51. The van der Waals surface area contributed by atoms with Gasteiger partial charge in [-0.2, -0.15) is 30.6 Å². The Morgan fingerprint density at radius 2 is 1.41 bits per heavy atom. The van der Waals surface area contributed by atoms with E-state index in [1.54, 1.807) is 0 Å². The van der Waals surface area contributed by atoms with Gasteiger partial charge in [0.2, 0.25) is 10.0 Å². The number of ether oxygens (including phenoxy) is 1. The van der Waals surface area contributed by atoms with Gasteiger partial charge in [0.05, 0.1) is 16.0 Å². The van der Waals surface area contributed by atoms with Gasteiger partial charge in [-0.25, -0.2) is 8.42 Å². The van der Waals surface area contributed by atoms with Crippen LogP contribution >= 0.6 is 0 Å². The number of hydrogen-bond acceptors (Lipinski definition) is 4. The zero-order valence-corrected chi connectivity index (χ0v) is 18.4. The van der Waals surface area contributed by atoms with Crippen LogP contribution < -0.4 is 10.1 Å². The minimum Gasteiger partial charge on any atom is -0.484 e. The number of halogens is 6. The molecule has 0 radical (unpaired) electrons. The molecule has 0 bridgehead atoms. The SMILES string of the molecule is O=C(COc1ccc(S(=O)(=O)N2CCCCC2)cc1)Nc1cc(C(F)(F)F)cc(C(F)(F)F)c1. The van der Waals surface area contributed by atoms with E-state index in [4.69, 9.17) is 4.74 Å². The molecule has 34 heavy (non-hydrogen) atoms. The first kappa shape index (κ1) is 25.8. The van der Waals surface area contributed by atoms with Crippen molar-refractivity contribution in [2.24, 2.45) is 0 Å². The second-order valence-electron chi connectivity index (χ2n) is 7.57. The van der Waals surface area contributed by atoms with Crippen LogP contribution in [0.4, 0.5) is 32.0 Å². The third-order valence-electron chi connectivity index (χ3n) is 5.02. The zero-order chi connectivity index (χ0) is 25.1. The summed E-state index contributed by atoms with van der Waals surface area (Å²) in [6, 6.07) is 5.90. The predicted octanol–water partition coefficient (Wildman–Crippen LogP) is 4.92. The summed E-state index contributed by atoms with van der Waals surface area (Å²) in [6.45, 7) is 0.120. The summed E-state index contributed by atoms with van der Waals surface area (Å²) in [5.41, 5.74) is -3.83. The van der Waals surface area contributed by atoms with Crippen molar-refractivity contribution in [2.45, 2.75) is 36.5 Å². The lowest BCUT2D eigenvalue weighted by atomic mass is 10.1. The molecule has 0 spiro atoms. The normalized spacial score (nSPS) is 15.7. The van der Waals surface area contributed by atoms with Gasteiger partial charge in [-0.15, -0.1) is 0 Å². The van der Waals surface area contributed by atoms with Crippen molar-refractivity contribution < 1.29 is 44.3 Å². The minimum absolute atomic E-state index is 0.0369. The van der Waals surface area contributed by atoms with E-state index in [2.05, 4.69) is 0 Å². The molecule has 1 fully saturated rings. The molecular formula is C21H20F6N2O4S. The maximum absolute atomic E-state index is 12.9. The highest BCUT2D eigenvalue weighted by atomic mass is 32.2. The van der Waals surface area contributed by atoms with Crippen molar-refractivity contribution in [3.05, 3.63) is 53.6 Å². The van der Waals surface area contributed by atoms with E-state index in [-0.39, 0.29) is 16.7 Å². The van der Waals surface area contributed by atoms with Crippen LogP contribution in [-0.4, -0.2) is 38.3 Å². The molecule has 1 N–H and O–H groups in total. The summed E-state index contributed by atoms with van der Waals surface area (Å²) in [7, 11) is -3.67. The Kier molecular flexibility index (Phi) is 7.46. The number of piperidine rings is 1. The lowest BCUT2D eigenvalue weighted by Gasteiger charge is -2.25. The number of carbonyl (C=O) groups is 1. The van der Waals surface area contributed by atoms with Gasteiger partial charge in [0.1, 0.15) is 5.75 Å². The molecule has 0 aromatic heterocycles. The van der Waals surface area contributed by atoms with Crippen LogP contribution in [0.2, 0.25) is 0 Å². The third-order valence-corrected chi connectivity index (χ3v) is 6.93. The molecule has 0 atom stereocenters. The van der Waals surface area contributed by atoms with Crippen LogP contribution in [0, 0.1) is 0 Å². The van der Waals surface area contributed by atoms with Gasteiger partial charge in [-0.1, -0.05) is 6.42 Å². The topological polar surface area (TPSA) is 75.7 Å². The Hall–Kier alpha value is -2.80. The summed E-state index contributed by atoms with van der Waals surface area (Å²) < 4.78 is 109. The monoisotopic (exact) mass is 510 g/mol. The number of carbonyl (C=O) groups excluding carboxylic acids is 1. The van der Waals surface area contributed by atoms with E-state index < -0.39 is 51.7 Å². The maximum Gasteiger partial charge on any atom is 0.416 e. The maximum atomic E-state index is 12.9. The van der Waals surface area contributed by atoms with Crippen molar-refractivity contribution in [2.75, 3.05) is 25.0 Å². The van der Waals surface area contributed by atoms with Crippen LogP contribution in [0.1, 0.15) is 30.4 Å². The molecule has 0 saturated carbocycles. The summed E-state index contributed by atoms with van der Waals surface area (Å²) in [4.78, 5) is 12.1. The number of sulfonamides is 1. The first-order valence-corrected chi connectivity index (χ1v) is 11.5. The zero-order valence-electron chi connectivity index (χ0n) is 17.5. The van der Waals surface area contributed by atoms with Crippen molar-refractivity contribution in [3.63, 3.8) is 0 Å². The van der Waals surface area contributed by atoms with Gasteiger partial charge in [-0.3, -0.25) is 4.79 Å². The van der Waals surface area contributed by atoms with E-state index in [0.29, 0.717) is 25.2 Å². The van der Waals surface area contributed by atoms with E-state index in [9.17, 15) is 39.6 Å². The Morgan fingerprint density at radius 1 is 0.882 bits per heavy atom. The molecule has 1 aliphatic rings. The molecule has 0 unspecified atom stereocenters. The Morgan fingerprint density at radius 3 is 1.91 bits per heavy atom. The summed E-state index contributed by atoms with van der Waals surface area (Å²) in [5, 5.41) is 1.95. The molecular weight excluding hydrogens is 490 g/mol. The molecule has 2 aromatic carbocycles. The highest BCUT2D eigenvalue weighted by Crippen LogP contribution is 2.37. The van der Waals surface area contributed by atoms with Gasteiger partial charge < -0.3 is 10.1 Å². The molecule has 186 valence electrons. The lowest BCUT2D eigenvalue weighted by Crippen LogP contribution is -2.35. The minimum atomic E-state index is -5.05. The predicted molar refractivity (Wildman–Crippen MR) is 110 cm³/mol. The van der Waals surface area contributed by atoms with E-state index in [0.717, 1.165) is 19.3 Å². The highest BCUT2D eigenvalue weighted by Gasteiger charge is 2.37. The van der Waals surface area contributed by atoms with Crippen molar-refractivity contribution >= 4 is 21.6 Å². The van der Waals surface area contributed by atoms with E-state index in [1.807, 2.05) is 5.32 Å². The van der Waals surface area contributed by atoms with Gasteiger partial charge in [0.25, 0.3) is 5.91 Å². The molecule has 6 nitrogen and oxygen atoms in total. The highest BCUT2D eigenvalue weighted by molar-refractivity contribution is 7.89. The molecule has 13 heteroatoms. The van der Waals surface area contributed by atoms with E-state index in [1.165, 1.54) is 28.6 Å². The van der Waals surface area contributed by atoms with Gasteiger partial charge in [0, 0.05) is 18.8 Å². The Bertz CT molecular complexity index is 1090. The molecule has 3 rings (SSSR count). The summed E-state index contributed by atoms with van der Waals surface area (Å²) >= 11 is 0. The molecule has 1 amide bonds. The van der Waals surface area contributed by atoms with Gasteiger partial charge in [-0.05, 0) is 55.3 Å². The number of benzene rings is 2. The Labute approximate surface area is 191 Å². The van der Waals surface area contributed by atoms with Crippen LogP contribution in [0.15, 0.2) is 47.4 Å². The molecule has 1 saturated heterocycles. The third kappa shape index (κ3) is 6.41. The van der Waals surface area contributed by atoms with Crippen LogP contribution in [0.5, 0.6) is 5.75 Å².